The molecule has 0 saturated heterocycles. The molecule has 1 aromatic rings. The Morgan fingerprint density at radius 2 is 1.88 bits per heavy atom. The molecule has 2 rings (SSSR count). The number of hydrogen-bond donors (Lipinski definition) is 1. The van der Waals surface area contributed by atoms with Gasteiger partial charge in [0.2, 0.25) is 0 Å². The van der Waals surface area contributed by atoms with E-state index in [0.29, 0.717) is 6.04 Å². The highest BCUT2D eigenvalue weighted by Crippen LogP contribution is 2.33. The fraction of sp³-hybridized carbons (Fsp3) is 0.833. The van der Waals surface area contributed by atoms with Crippen LogP contribution in [0.4, 0.5) is 0 Å². The van der Waals surface area contributed by atoms with Gasteiger partial charge in [0.15, 0.2) is 0 Å². The Bertz CT molecular complexity index is 350. The molecule has 16 heavy (non-hydrogen) atoms. The van der Waals surface area contributed by atoms with Crippen LogP contribution in [-0.2, 0) is 0 Å². The number of aromatic nitrogens is 3. The van der Waals surface area contributed by atoms with Gasteiger partial charge in [-0.25, -0.2) is 0 Å². The van der Waals surface area contributed by atoms with E-state index in [1.54, 1.807) is 0 Å². The van der Waals surface area contributed by atoms with Crippen molar-refractivity contribution in [3.63, 3.8) is 0 Å². The predicted octanol–water partition coefficient (Wildman–Crippen LogP) is 2.15. The summed E-state index contributed by atoms with van der Waals surface area (Å²) in [7, 11) is 0. The summed E-state index contributed by atoms with van der Waals surface area (Å²) in [4.78, 5) is 0. The van der Waals surface area contributed by atoms with Gasteiger partial charge in [-0.2, -0.15) is 0 Å². The maximum absolute atomic E-state index is 5.96. The van der Waals surface area contributed by atoms with Crippen molar-refractivity contribution >= 4 is 0 Å². The SMILES string of the molecule is Cc1nnc(C(C)C(C)N)n1C1CCCC1. The Hall–Kier alpha value is -0.900. The third kappa shape index (κ3) is 1.98. The second-order valence-electron chi connectivity index (χ2n) is 5.06. The van der Waals surface area contributed by atoms with Crippen molar-refractivity contribution < 1.29 is 0 Å². The molecule has 0 spiro atoms. The maximum atomic E-state index is 5.96. The first-order chi connectivity index (χ1) is 7.61. The average molecular weight is 222 g/mol. The largest absolute Gasteiger partial charge is 0.327 e. The van der Waals surface area contributed by atoms with Crippen LogP contribution in [0.15, 0.2) is 0 Å². The van der Waals surface area contributed by atoms with Gasteiger partial charge < -0.3 is 10.3 Å². The highest BCUT2D eigenvalue weighted by Gasteiger charge is 2.25. The van der Waals surface area contributed by atoms with E-state index in [9.17, 15) is 0 Å². The van der Waals surface area contributed by atoms with E-state index >= 15 is 0 Å². The monoisotopic (exact) mass is 222 g/mol. The van der Waals surface area contributed by atoms with Crippen molar-refractivity contribution in [2.24, 2.45) is 5.73 Å². The zero-order valence-electron chi connectivity index (χ0n) is 10.5. The molecule has 2 atom stereocenters. The summed E-state index contributed by atoms with van der Waals surface area (Å²) < 4.78 is 2.32. The molecule has 0 bridgehead atoms. The lowest BCUT2D eigenvalue weighted by Crippen LogP contribution is -2.26. The van der Waals surface area contributed by atoms with E-state index in [1.165, 1.54) is 25.7 Å². The molecular formula is C12H22N4. The summed E-state index contributed by atoms with van der Waals surface area (Å²) in [6, 6.07) is 0.731. The molecule has 1 aliphatic carbocycles. The van der Waals surface area contributed by atoms with E-state index in [1.807, 2.05) is 13.8 Å². The van der Waals surface area contributed by atoms with E-state index in [2.05, 4.69) is 21.7 Å². The third-order valence-corrected chi connectivity index (χ3v) is 3.78. The smallest absolute Gasteiger partial charge is 0.137 e. The first-order valence-corrected chi connectivity index (χ1v) is 6.28. The zero-order valence-corrected chi connectivity index (χ0v) is 10.5. The molecule has 1 fully saturated rings. The molecule has 0 aliphatic heterocycles. The van der Waals surface area contributed by atoms with Gasteiger partial charge in [-0.05, 0) is 26.7 Å². The van der Waals surface area contributed by atoms with Crippen LogP contribution < -0.4 is 5.73 Å². The molecule has 1 heterocycles. The normalized spacial score (nSPS) is 21.2. The molecule has 0 radical (unpaired) electrons. The topological polar surface area (TPSA) is 56.7 Å². The van der Waals surface area contributed by atoms with Gasteiger partial charge in [-0.3, -0.25) is 0 Å². The Kier molecular flexibility index (Phi) is 3.28. The van der Waals surface area contributed by atoms with Crippen LogP contribution in [0.5, 0.6) is 0 Å². The van der Waals surface area contributed by atoms with E-state index in [4.69, 9.17) is 5.73 Å². The predicted molar refractivity (Wildman–Crippen MR) is 64.3 cm³/mol. The molecular weight excluding hydrogens is 200 g/mol. The molecule has 1 saturated carbocycles. The van der Waals surface area contributed by atoms with Gasteiger partial charge in [-0.1, -0.05) is 19.8 Å². The van der Waals surface area contributed by atoms with Crippen molar-refractivity contribution in [3.05, 3.63) is 11.6 Å². The molecule has 0 amide bonds. The third-order valence-electron chi connectivity index (χ3n) is 3.78. The summed E-state index contributed by atoms with van der Waals surface area (Å²) in [5.41, 5.74) is 5.96. The first-order valence-electron chi connectivity index (χ1n) is 6.28. The molecule has 2 unspecified atom stereocenters. The number of hydrogen-bond acceptors (Lipinski definition) is 3. The van der Waals surface area contributed by atoms with Crippen LogP contribution in [0.1, 0.15) is 63.1 Å². The minimum atomic E-state index is 0.128. The number of rotatable bonds is 3. The zero-order chi connectivity index (χ0) is 11.7. The summed E-state index contributed by atoms with van der Waals surface area (Å²) >= 11 is 0. The molecule has 90 valence electrons. The maximum Gasteiger partial charge on any atom is 0.137 e. The molecule has 4 heteroatoms. The van der Waals surface area contributed by atoms with Gasteiger partial charge in [0.05, 0.1) is 0 Å². The lowest BCUT2D eigenvalue weighted by Gasteiger charge is -2.21. The van der Waals surface area contributed by atoms with Crippen molar-refractivity contribution in [3.8, 4) is 0 Å². The highest BCUT2D eigenvalue weighted by molar-refractivity contribution is 5.05. The van der Waals surface area contributed by atoms with Crippen molar-refractivity contribution in [1.82, 2.24) is 14.8 Å². The van der Waals surface area contributed by atoms with Crippen molar-refractivity contribution in [2.45, 2.75) is 64.5 Å². The summed E-state index contributed by atoms with van der Waals surface area (Å²) in [5.74, 6) is 2.38. The van der Waals surface area contributed by atoms with Gasteiger partial charge in [-0.15, -0.1) is 10.2 Å². The Labute approximate surface area is 97.2 Å². The summed E-state index contributed by atoms with van der Waals surface area (Å²) in [6.07, 6.45) is 5.18. The average Bonchev–Trinajstić information content (AvgIpc) is 2.84. The fourth-order valence-corrected chi connectivity index (χ4v) is 2.55. The van der Waals surface area contributed by atoms with Crippen molar-refractivity contribution in [2.75, 3.05) is 0 Å². The fourth-order valence-electron chi connectivity index (χ4n) is 2.55. The molecule has 2 N–H and O–H groups in total. The van der Waals surface area contributed by atoms with Crippen LogP contribution >= 0.6 is 0 Å². The molecule has 1 aromatic heterocycles. The second kappa shape index (κ2) is 4.53. The van der Waals surface area contributed by atoms with E-state index in [0.717, 1.165) is 11.6 Å². The van der Waals surface area contributed by atoms with Gasteiger partial charge in [0.25, 0.3) is 0 Å². The Balaban J connectivity index is 2.31. The van der Waals surface area contributed by atoms with Crippen LogP contribution in [0.2, 0.25) is 0 Å². The standard InChI is InChI=1S/C12H22N4/c1-8(9(2)13)12-15-14-10(3)16(12)11-6-4-5-7-11/h8-9,11H,4-7,13H2,1-3H3. The first kappa shape index (κ1) is 11.6. The lowest BCUT2D eigenvalue weighted by atomic mass is 10.0. The van der Waals surface area contributed by atoms with Crippen LogP contribution in [0, 0.1) is 6.92 Å². The number of nitrogens with two attached hydrogens (primary N) is 1. The van der Waals surface area contributed by atoms with Gasteiger partial charge in [0, 0.05) is 18.0 Å². The Morgan fingerprint density at radius 1 is 1.25 bits per heavy atom. The highest BCUT2D eigenvalue weighted by atomic mass is 15.3. The minimum absolute atomic E-state index is 0.128. The van der Waals surface area contributed by atoms with Gasteiger partial charge >= 0.3 is 0 Å². The quantitative estimate of drug-likeness (QED) is 0.852. The molecule has 0 aromatic carbocycles. The molecule has 4 nitrogen and oxygen atoms in total. The van der Waals surface area contributed by atoms with Crippen LogP contribution in [0.3, 0.4) is 0 Å². The number of aryl methyl sites for hydroxylation is 1. The lowest BCUT2D eigenvalue weighted by molar-refractivity contribution is 0.454. The number of nitrogens with zero attached hydrogens (tertiary/aromatic N) is 3. The summed E-state index contributed by atoms with van der Waals surface area (Å²) in [5, 5.41) is 8.54. The van der Waals surface area contributed by atoms with Gasteiger partial charge in [0.1, 0.15) is 11.6 Å². The Morgan fingerprint density at radius 3 is 2.44 bits per heavy atom. The summed E-state index contributed by atoms with van der Waals surface area (Å²) in [6.45, 7) is 6.22. The second-order valence-corrected chi connectivity index (χ2v) is 5.06. The van der Waals surface area contributed by atoms with Crippen LogP contribution in [0.25, 0.3) is 0 Å². The van der Waals surface area contributed by atoms with E-state index in [-0.39, 0.29) is 12.0 Å². The van der Waals surface area contributed by atoms with Crippen molar-refractivity contribution in [1.29, 1.82) is 0 Å². The minimum Gasteiger partial charge on any atom is -0.327 e. The molecule has 1 aliphatic rings. The van der Waals surface area contributed by atoms with Crippen LogP contribution in [-0.4, -0.2) is 20.8 Å². The van der Waals surface area contributed by atoms with E-state index < -0.39 is 0 Å².